The maximum absolute atomic E-state index is 5.45. The summed E-state index contributed by atoms with van der Waals surface area (Å²) >= 11 is 0. The van der Waals surface area contributed by atoms with Gasteiger partial charge in [0, 0.05) is 24.8 Å². The molecule has 0 unspecified atom stereocenters. The van der Waals surface area contributed by atoms with E-state index < -0.39 is 0 Å². The molecule has 4 nitrogen and oxygen atoms in total. The molecule has 0 aliphatic carbocycles. The van der Waals surface area contributed by atoms with E-state index in [9.17, 15) is 0 Å². The molecule has 2 aromatic rings. The predicted octanol–water partition coefficient (Wildman–Crippen LogP) is -0.150. The van der Waals surface area contributed by atoms with Gasteiger partial charge in [-0.25, -0.2) is 9.66 Å². The molecule has 2 rings (SSSR count). The Bertz CT molecular complexity index is 318. The number of hydrogen-bond donors (Lipinski definition) is 1. The van der Waals surface area contributed by atoms with E-state index in [0.29, 0.717) is 0 Å². The Labute approximate surface area is 51.5 Å². The third-order valence-electron chi connectivity index (χ3n) is 1.27. The fourth-order valence-corrected chi connectivity index (χ4v) is 0.832. The van der Waals surface area contributed by atoms with Crippen LogP contribution in [-0.2, 0) is 0 Å². The number of aromatic nitrogens is 3. The SMILES string of the molecule is Nn1ccn2ccnc12. The van der Waals surface area contributed by atoms with Crippen LogP contribution in [0.25, 0.3) is 5.78 Å². The van der Waals surface area contributed by atoms with Crippen molar-refractivity contribution in [1.82, 2.24) is 14.1 Å². The first-order valence-corrected chi connectivity index (χ1v) is 2.63. The van der Waals surface area contributed by atoms with E-state index in [1.807, 2.05) is 16.8 Å². The number of imidazole rings is 2. The van der Waals surface area contributed by atoms with Crippen LogP contribution in [0.3, 0.4) is 0 Å². The summed E-state index contributed by atoms with van der Waals surface area (Å²) in [5.41, 5.74) is 0. The van der Waals surface area contributed by atoms with Crippen LogP contribution in [0.15, 0.2) is 24.8 Å². The van der Waals surface area contributed by atoms with Crippen molar-refractivity contribution in [3.05, 3.63) is 24.8 Å². The van der Waals surface area contributed by atoms with Crippen molar-refractivity contribution < 1.29 is 0 Å². The molecule has 0 bridgehead atoms. The lowest BCUT2D eigenvalue weighted by Crippen LogP contribution is -2.05. The zero-order valence-corrected chi connectivity index (χ0v) is 4.73. The van der Waals surface area contributed by atoms with Gasteiger partial charge in [0.2, 0.25) is 5.78 Å². The molecule has 0 amide bonds. The average Bonchev–Trinajstić information content (AvgIpc) is 2.35. The van der Waals surface area contributed by atoms with Crippen LogP contribution < -0.4 is 5.84 Å². The van der Waals surface area contributed by atoms with Crippen LogP contribution in [0.1, 0.15) is 0 Å². The third-order valence-corrected chi connectivity index (χ3v) is 1.27. The summed E-state index contributed by atoms with van der Waals surface area (Å²) in [7, 11) is 0. The Balaban J connectivity index is 2.99. The van der Waals surface area contributed by atoms with Gasteiger partial charge in [0.05, 0.1) is 0 Å². The molecule has 4 heteroatoms. The highest BCUT2D eigenvalue weighted by Gasteiger charge is 1.94. The highest BCUT2D eigenvalue weighted by atomic mass is 15.4. The molecular weight excluding hydrogens is 116 g/mol. The van der Waals surface area contributed by atoms with Crippen molar-refractivity contribution in [3.63, 3.8) is 0 Å². The van der Waals surface area contributed by atoms with Gasteiger partial charge in [0.15, 0.2) is 0 Å². The second-order valence-corrected chi connectivity index (χ2v) is 1.84. The second-order valence-electron chi connectivity index (χ2n) is 1.84. The van der Waals surface area contributed by atoms with E-state index in [0.717, 1.165) is 5.78 Å². The number of hydrogen-bond acceptors (Lipinski definition) is 2. The van der Waals surface area contributed by atoms with Gasteiger partial charge < -0.3 is 5.84 Å². The first-order valence-electron chi connectivity index (χ1n) is 2.63. The number of nitrogen functional groups attached to an aromatic ring is 1. The minimum absolute atomic E-state index is 0.759. The lowest BCUT2D eigenvalue weighted by atomic mass is 10.9. The van der Waals surface area contributed by atoms with Crippen LogP contribution in [0, 0.1) is 0 Å². The fraction of sp³-hybridized carbons (Fsp3) is 0. The maximum Gasteiger partial charge on any atom is 0.232 e. The number of nitrogens with two attached hydrogens (primary N) is 1. The van der Waals surface area contributed by atoms with E-state index in [1.165, 1.54) is 4.68 Å². The summed E-state index contributed by atoms with van der Waals surface area (Å²) < 4.78 is 3.32. The van der Waals surface area contributed by atoms with Crippen LogP contribution >= 0.6 is 0 Å². The van der Waals surface area contributed by atoms with E-state index in [1.54, 1.807) is 12.4 Å². The Hall–Kier alpha value is -1.45. The summed E-state index contributed by atoms with van der Waals surface area (Å²) in [4.78, 5) is 3.98. The molecular formula is C5H6N4. The summed E-state index contributed by atoms with van der Waals surface area (Å²) in [5.74, 6) is 6.21. The van der Waals surface area contributed by atoms with Crippen molar-refractivity contribution in [2.45, 2.75) is 0 Å². The summed E-state index contributed by atoms with van der Waals surface area (Å²) in [5, 5.41) is 0. The fourth-order valence-electron chi connectivity index (χ4n) is 0.832. The highest BCUT2D eigenvalue weighted by Crippen LogP contribution is 1.96. The van der Waals surface area contributed by atoms with Crippen molar-refractivity contribution in [3.8, 4) is 0 Å². The lowest BCUT2D eigenvalue weighted by molar-refractivity contribution is 1.02. The minimum atomic E-state index is 0.759. The predicted molar refractivity (Wildman–Crippen MR) is 33.3 cm³/mol. The van der Waals surface area contributed by atoms with Crippen LogP contribution in [0.5, 0.6) is 0 Å². The monoisotopic (exact) mass is 122 g/mol. The Morgan fingerprint density at radius 2 is 2.22 bits per heavy atom. The normalized spacial score (nSPS) is 10.7. The molecule has 0 radical (unpaired) electrons. The third kappa shape index (κ3) is 0.440. The van der Waals surface area contributed by atoms with Crippen LogP contribution in [0.2, 0.25) is 0 Å². The van der Waals surface area contributed by atoms with E-state index in [2.05, 4.69) is 4.98 Å². The second kappa shape index (κ2) is 1.28. The van der Waals surface area contributed by atoms with Gasteiger partial charge in [-0.3, -0.25) is 4.40 Å². The molecule has 0 saturated carbocycles. The zero-order chi connectivity index (χ0) is 6.27. The quantitative estimate of drug-likeness (QED) is 0.494. The summed E-state index contributed by atoms with van der Waals surface area (Å²) in [6, 6.07) is 0. The standard InChI is InChI=1S/C5H6N4/c6-9-4-3-8-2-1-7-5(8)9/h1-4H,6H2. The van der Waals surface area contributed by atoms with E-state index in [4.69, 9.17) is 5.84 Å². The van der Waals surface area contributed by atoms with Gasteiger partial charge in [-0.1, -0.05) is 0 Å². The van der Waals surface area contributed by atoms with Crippen LogP contribution in [-0.4, -0.2) is 14.1 Å². The van der Waals surface area contributed by atoms with Gasteiger partial charge in [0.1, 0.15) is 0 Å². The molecule has 0 fully saturated rings. The van der Waals surface area contributed by atoms with Gasteiger partial charge >= 0.3 is 0 Å². The zero-order valence-electron chi connectivity index (χ0n) is 4.73. The molecule has 0 aromatic carbocycles. The molecule has 0 aliphatic rings. The Morgan fingerprint density at radius 1 is 1.33 bits per heavy atom. The van der Waals surface area contributed by atoms with Crippen molar-refractivity contribution in [2.24, 2.45) is 0 Å². The largest absolute Gasteiger partial charge is 0.337 e. The molecule has 2 N–H and O–H groups in total. The van der Waals surface area contributed by atoms with Crippen molar-refractivity contribution >= 4 is 5.78 Å². The first-order chi connectivity index (χ1) is 4.38. The van der Waals surface area contributed by atoms with Gasteiger partial charge in [0.25, 0.3) is 0 Å². The molecule has 0 saturated heterocycles. The number of fused-ring (bicyclic) bond motifs is 1. The topological polar surface area (TPSA) is 48.2 Å². The molecule has 9 heavy (non-hydrogen) atoms. The van der Waals surface area contributed by atoms with Crippen molar-refractivity contribution in [1.29, 1.82) is 0 Å². The van der Waals surface area contributed by atoms with Crippen molar-refractivity contribution in [2.75, 3.05) is 5.84 Å². The first kappa shape index (κ1) is 4.43. The van der Waals surface area contributed by atoms with Crippen LogP contribution in [0.4, 0.5) is 0 Å². The molecule has 2 heterocycles. The molecule has 2 aromatic heterocycles. The van der Waals surface area contributed by atoms with E-state index >= 15 is 0 Å². The Morgan fingerprint density at radius 3 is 3.00 bits per heavy atom. The lowest BCUT2D eigenvalue weighted by Gasteiger charge is -1.85. The number of nitrogens with zero attached hydrogens (tertiary/aromatic N) is 3. The summed E-state index contributed by atoms with van der Waals surface area (Å²) in [6.07, 6.45) is 7.15. The molecule has 0 atom stereocenters. The van der Waals surface area contributed by atoms with Gasteiger partial charge in [-0.15, -0.1) is 0 Å². The Kier molecular flexibility index (Phi) is 0.631. The molecule has 0 aliphatic heterocycles. The highest BCUT2D eigenvalue weighted by molar-refractivity contribution is 5.29. The average molecular weight is 122 g/mol. The maximum atomic E-state index is 5.45. The summed E-state index contributed by atoms with van der Waals surface area (Å²) in [6.45, 7) is 0. The number of rotatable bonds is 0. The smallest absolute Gasteiger partial charge is 0.232 e. The molecule has 0 spiro atoms. The van der Waals surface area contributed by atoms with Gasteiger partial charge in [-0.05, 0) is 0 Å². The van der Waals surface area contributed by atoms with E-state index in [-0.39, 0.29) is 0 Å². The minimum Gasteiger partial charge on any atom is -0.337 e. The molecule has 46 valence electrons. The van der Waals surface area contributed by atoms with Gasteiger partial charge in [-0.2, -0.15) is 0 Å².